The Kier molecular flexibility index (Phi) is 3.18. The number of hydrogen-bond donors (Lipinski definition) is 1. The molecule has 0 saturated heterocycles. The standard InChI is InChI=1S/C15H18N4O/c1-18(9-11-7-17-19(2)10-11)15(20)13-8-16-14-6-4-3-5-12(13)14/h3-7,10,13,16H,8-9H2,1-2H3. The van der Waals surface area contributed by atoms with Gasteiger partial charge in [-0.2, -0.15) is 5.10 Å². The van der Waals surface area contributed by atoms with Crippen LogP contribution in [0.3, 0.4) is 0 Å². The number of anilines is 1. The number of fused-ring (bicyclic) bond motifs is 1. The number of amides is 1. The number of nitrogens with zero attached hydrogens (tertiary/aromatic N) is 3. The largest absolute Gasteiger partial charge is 0.384 e. The highest BCUT2D eigenvalue weighted by atomic mass is 16.2. The molecule has 1 amide bonds. The maximum Gasteiger partial charge on any atom is 0.232 e. The van der Waals surface area contributed by atoms with E-state index >= 15 is 0 Å². The first-order valence-electron chi connectivity index (χ1n) is 6.70. The van der Waals surface area contributed by atoms with E-state index in [0.29, 0.717) is 13.1 Å². The minimum Gasteiger partial charge on any atom is -0.384 e. The third kappa shape index (κ3) is 2.27. The van der Waals surface area contributed by atoms with Gasteiger partial charge < -0.3 is 10.2 Å². The summed E-state index contributed by atoms with van der Waals surface area (Å²) in [7, 11) is 3.72. The number of hydrogen-bond acceptors (Lipinski definition) is 3. The second kappa shape index (κ2) is 5.00. The van der Waals surface area contributed by atoms with Crippen molar-refractivity contribution in [2.45, 2.75) is 12.5 Å². The third-order valence-electron chi connectivity index (χ3n) is 3.69. The highest BCUT2D eigenvalue weighted by Gasteiger charge is 2.30. The molecule has 1 aromatic heterocycles. The van der Waals surface area contributed by atoms with E-state index in [0.717, 1.165) is 16.8 Å². The van der Waals surface area contributed by atoms with Gasteiger partial charge in [0.25, 0.3) is 0 Å². The molecule has 5 heteroatoms. The molecule has 1 atom stereocenters. The molecule has 5 nitrogen and oxygen atoms in total. The van der Waals surface area contributed by atoms with E-state index in [4.69, 9.17) is 0 Å². The SMILES string of the molecule is CN(Cc1cnn(C)c1)C(=O)C1CNc2ccccc21. The molecule has 0 fully saturated rings. The van der Waals surface area contributed by atoms with E-state index in [-0.39, 0.29) is 11.8 Å². The van der Waals surface area contributed by atoms with E-state index in [2.05, 4.69) is 10.4 Å². The topological polar surface area (TPSA) is 50.2 Å². The Labute approximate surface area is 118 Å². The van der Waals surface area contributed by atoms with Gasteiger partial charge in [-0.05, 0) is 11.6 Å². The van der Waals surface area contributed by atoms with Crippen molar-refractivity contribution in [3.8, 4) is 0 Å². The maximum atomic E-state index is 12.6. The molecule has 1 unspecified atom stereocenters. The summed E-state index contributed by atoms with van der Waals surface area (Å²) in [6, 6.07) is 8.00. The smallest absolute Gasteiger partial charge is 0.232 e. The quantitative estimate of drug-likeness (QED) is 0.921. The van der Waals surface area contributed by atoms with Crippen molar-refractivity contribution in [3.63, 3.8) is 0 Å². The van der Waals surface area contributed by atoms with Gasteiger partial charge in [0.1, 0.15) is 0 Å². The lowest BCUT2D eigenvalue weighted by atomic mass is 10.00. The fraction of sp³-hybridized carbons (Fsp3) is 0.333. The predicted octanol–water partition coefficient (Wildman–Crippen LogP) is 1.59. The lowest BCUT2D eigenvalue weighted by Gasteiger charge is -2.20. The summed E-state index contributed by atoms with van der Waals surface area (Å²) in [5.74, 6) is 0.0548. The summed E-state index contributed by atoms with van der Waals surface area (Å²) >= 11 is 0. The average molecular weight is 270 g/mol. The van der Waals surface area contributed by atoms with Crippen molar-refractivity contribution in [2.24, 2.45) is 7.05 Å². The Hall–Kier alpha value is -2.30. The van der Waals surface area contributed by atoms with Crippen LogP contribution in [-0.2, 0) is 18.4 Å². The van der Waals surface area contributed by atoms with Gasteiger partial charge >= 0.3 is 0 Å². The molecular weight excluding hydrogens is 252 g/mol. The van der Waals surface area contributed by atoms with Gasteiger partial charge in [-0.1, -0.05) is 18.2 Å². The summed E-state index contributed by atoms with van der Waals surface area (Å²) < 4.78 is 1.75. The van der Waals surface area contributed by atoms with Crippen molar-refractivity contribution >= 4 is 11.6 Å². The average Bonchev–Trinajstić information content (AvgIpc) is 3.04. The van der Waals surface area contributed by atoms with Gasteiger partial charge in [-0.25, -0.2) is 0 Å². The minimum absolute atomic E-state index is 0.0899. The van der Waals surface area contributed by atoms with Gasteiger partial charge in [0.2, 0.25) is 5.91 Å². The summed E-state index contributed by atoms with van der Waals surface area (Å²) in [5.41, 5.74) is 3.21. The van der Waals surface area contributed by atoms with Crippen LogP contribution >= 0.6 is 0 Å². The van der Waals surface area contributed by atoms with Crippen LogP contribution in [0.2, 0.25) is 0 Å². The number of carbonyl (C=O) groups excluding carboxylic acids is 1. The zero-order valence-corrected chi connectivity index (χ0v) is 11.7. The molecule has 0 radical (unpaired) electrons. The summed E-state index contributed by atoms with van der Waals surface area (Å²) in [4.78, 5) is 14.3. The van der Waals surface area contributed by atoms with Crippen molar-refractivity contribution < 1.29 is 4.79 Å². The Balaban J connectivity index is 1.73. The van der Waals surface area contributed by atoms with Crippen LogP contribution in [0.1, 0.15) is 17.0 Å². The summed E-state index contributed by atoms with van der Waals surface area (Å²) in [5, 5.41) is 7.42. The molecule has 1 aromatic carbocycles. The van der Waals surface area contributed by atoms with E-state index in [1.165, 1.54) is 0 Å². The Bertz CT molecular complexity index is 634. The van der Waals surface area contributed by atoms with Crippen LogP contribution in [0, 0.1) is 0 Å². The van der Waals surface area contributed by atoms with Crippen LogP contribution in [-0.4, -0.2) is 34.2 Å². The molecule has 0 aliphatic carbocycles. The van der Waals surface area contributed by atoms with Gasteiger partial charge in [-0.15, -0.1) is 0 Å². The number of rotatable bonds is 3. The minimum atomic E-state index is -0.0899. The number of aryl methyl sites for hydroxylation is 1. The molecule has 1 aliphatic heterocycles. The van der Waals surface area contributed by atoms with Crippen LogP contribution in [0.15, 0.2) is 36.7 Å². The first-order chi connectivity index (χ1) is 9.65. The Morgan fingerprint density at radius 1 is 1.50 bits per heavy atom. The number of benzene rings is 1. The number of para-hydroxylation sites is 1. The predicted molar refractivity (Wildman–Crippen MR) is 77.4 cm³/mol. The van der Waals surface area contributed by atoms with Crippen LogP contribution in [0.5, 0.6) is 0 Å². The zero-order valence-electron chi connectivity index (χ0n) is 11.7. The van der Waals surface area contributed by atoms with Gasteiger partial charge in [0.15, 0.2) is 0 Å². The first-order valence-corrected chi connectivity index (χ1v) is 6.70. The lowest BCUT2D eigenvalue weighted by Crippen LogP contribution is -2.32. The molecule has 3 rings (SSSR count). The van der Waals surface area contributed by atoms with Gasteiger partial charge in [-0.3, -0.25) is 9.48 Å². The number of carbonyl (C=O) groups is 1. The molecule has 20 heavy (non-hydrogen) atoms. The highest BCUT2D eigenvalue weighted by molar-refractivity contribution is 5.88. The van der Waals surface area contributed by atoms with Gasteiger partial charge in [0.05, 0.1) is 12.1 Å². The normalized spacial score (nSPS) is 16.6. The Morgan fingerprint density at radius 2 is 2.30 bits per heavy atom. The molecule has 1 N–H and O–H groups in total. The molecule has 2 heterocycles. The molecule has 1 aliphatic rings. The molecule has 0 bridgehead atoms. The van der Waals surface area contributed by atoms with E-state index in [9.17, 15) is 4.79 Å². The fourth-order valence-corrected chi connectivity index (χ4v) is 2.68. The Morgan fingerprint density at radius 3 is 3.05 bits per heavy atom. The summed E-state index contributed by atoms with van der Waals surface area (Å²) in [6.45, 7) is 1.26. The monoisotopic (exact) mass is 270 g/mol. The van der Waals surface area contributed by atoms with E-state index < -0.39 is 0 Å². The fourth-order valence-electron chi connectivity index (χ4n) is 2.68. The molecule has 0 saturated carbocycles. The first kappa shape index (κ1) is 12.7. The number of likely N-dealkylation sites (N-methyl/N-ethyl adjacent to an activating group) is 1. The molecular formula is C15H18N4O. The van der Waals surface area contributed by atoms with Crippen molar-refractivity contribution in [1.29, 1.82) is 0 Å². The van der Waals surface area contributed by atoms with Crippen LogP contribution < -0.4 is 5.32 Å². The van der Waals surface area contributed by atoms with E-state index in [1.807, 2.05) is 44.6 Å². The number of nitrogens with one attached hydrogen (secondary N) is 1. The van der Waals surface area contributed by atoms with Crippen LogP contribution in [0.25, 0.3) is 0 Å². The van der Waals surface area contributed by atoms with Gasteiger partial charge in [0, 0.05) is 44.6 Å². The van der Waals surface area contributed by atoms with Crippen molar-refractivity contribution in [1.82, 2.24) is 14.7 Å². The second-order valence-corrected chi connectivity index (χ2v) is 5.24. The third-order valence-corrected chi connectivity index (χ3v) is 3.69. The highest BCUT2D eigenvalue weighted by Crippen LogP contribution is 2.32. The number of aromatic nitrogens is 2. The van der Waals surface area contributed by atoms with Crippen molar-refractivity contribution in [2.75, 3.05) is 18.9 Å². The summed E-state index contributed by atoms with van der Waals surface area (Å²) in [6.07, 6.45) is 3.73. The molecule has 2 aromatic rings. The second-order valence-electron chi connectivity index (χ2n) is 5.24. The van der Waals surface area contributed by atoms with Crippen LogP contribution in [0.4, 0.5) is 5.69 Å². The van der Waals surface area contributed by atoms with E-state index in [1.54, 1.807) is 15.8 Å². The van der Waals surface area contributed by atoms with Crippen molar-refractivity contribution in [3.05, 3.63) is 47.8 Å². The molecule has 0 spiro atoms. The molecule has 104 valence electrons. The zero-order chi connectivity index (χ0) is 14.1. The maximum absolute atomic E-state index is 12.6. The lowest BCUT2D eigenvalue weighted by molar-refractivity contribution is -0.131.